The highest BCUT2D eigenvalue weighted by molar-refractivity contribution is 5.79. The van der Waals surface area contributed by atoms with E-state index in [0.717, 1.165) is 36.1 Å². The van der Waals surface area contributed by atoms with E-state index in [-0.39, 0.29) is 17.4 Å². The summed E-state index contributed by atoms with van der Waals surface area (Å²) in [5.41, 5.74) is 5.77. The number of hydrogen-bond acceptors (Lipinski definition) is 3. The van der Waals surface area contributed by atoms with Gasteiger partial charge in [-0.2, -0.15) is 5.10 Å². The second-order valence-electron chi connectivity index (χ2n) is 8.81. The summed E-state index contributed by atoms with van der Waals surface area (Å²) in [4.78, 5) is 16.6. The van der Waals surface area contributed by atoms with E-state index in [0.29, 0.717) is 6.42 Å². The zero-order chi connectivity index (χ0) is 20.4. The average Bonchev–Trinajstić information content (AvgIpc) is 3.13. The van der Waals surface area contributed by atoms with E-state index in [2.05, 4.69) is 60.4 Å². The molecule has 0 saturated carbocycles. The second kappa shape index (κ2) is 7.82. The van der Waals surface area contributed by atoms with Gasteiger partial charge in [-0.1, -0.05) is 39.0 Å². The Morgan fingerprint density at radius 2 is 1.97 bits per heavy atom. The van der Waals surface area contributed by atoms with Gasteiger partial charge in [0.05, 0.1) is 24.3 Å². The lowest BCUT2D eigenvalue weighted by Gasteiger charge is -2.24. The van der Waals surface area contributed by atoms with E-state index in [9.17, 15) is 4.79 Å². The Morgan fingerprint density at radius 1 is 1.17 bits per heavy atom. The van der Waals surface area contributed by atoms with Crippen molar-refractivity contribution in [3.8, 4) is 5.69 Å². The highest BCUT2D eigenvalue weighted by Crippen LogP contribution is 2.31. The lowest BCUT2D eigenvalue weighted by molar-refractivity contribution is -0.121. The summed E-state index contributed by atoms with van der Waals surface area (Å²) < 4.78 is 2.03. The van der Waals surface area contributed by atoms with E-state index in [4.69, 9.17) is 0 Å². The molecule has 5 nitrogen and oxygen atoms in total. The van der Waals surface area contributed by atoms with Gasteiger partial charge in [0, 0.05) is 23.7 Å². The molecule has 2 aromatic heterocycles. The molecule has 1 N–H and O–H groups in total. The molecular formula is C24H28N4O. The number of carbonyl (C=O) groups excluding carboxylic acids is 1. The third kappa shape index (κ3) is 4.24. The van der Waals surface area contributed by atoms with Crippen LogP contribution < -0.4 is 5.32 Å². The SMILES string of the molecule is CC(C)(C)c1ccc(-n2ncc3c2CCC[C@@H]3NC(=O)Cc2cccnc2)cc1. The molecule has 0 aliphatic heterocycles. The molecule has 2 heterocycles. The molecule has 5 heteroatoms. The first-order valence-corrected chi connectivity index (χ1v) is 10.3. The van der Waals surface area contributed by atoms with Crippen LogP contribution in [-0.2, 0) is 23.1 Å². The minimum absolute atomic E-state index is 0.0190. The van der Waals surface area contributed by atoms with E-state index >= 15 is 0 Å². The number of nitrogens with zero attached hydrogens (tertiary/aromatic N) is 3. The van der Waals surface area contributed by atoms with Crippen LogP contribution in [0.15, 0.2) is 55.0 Å². The van der Waals surface area contributed by atoms with Crippen LogP contribution in [0.3, 0.4) is 0 Å². The lowest BCUT2D eigenvalue weighted by Crippen LogP contribution is -2.32. The van der Waals surface area contributed by atoms with Gasteiger partial charge in [-0.05, 0) is 54.0 Å². The molecule has 0 fully saturated rings. The molecule has 29 heavy (non-hydrogen) atoms. The predicted molar refractivity (Wildman–Crippen MR) is 114 cm³/mol. The summed E-state index contributed by atoms with van der Waals surface area (Å²) in [6.07, 6.45) is 8.69. The van der Waals surface area contributed by atoms with Gasteiger partial charge < -0.3 is 5.32 Å². The normalized spacial score (nSPS) is 16.3. The Bertz CT molecular complexity index is 984. The van der Waals surface area contributed by atoms with E-state index < -0.39 is 0 Å². The summed E-state index contributed by atoms with van der Waals surface area (Å²) in [7, 11) is 0. The summed E-state index contributed by atoms with van der Waals surface area (Å²) >= 11 is 0. The number of hydrogen-bond donors (Lipinski definition) is 1. The third-order valence-corrected chi connectivity index (χ3v) is 5.58. The maximum Gasteiger partial charge on any atom is 0.224 e. The van der Waals surface area contributed by atoms with E-state index in [1.807, 2.05) is 23.0 Å². The number of carbonyl (C=O) groups is 1. The Balaban J connectivity index is 1.52. The van der Waals surface area contributed by atoms with Crippen LogP contribution in [0.4, 0.5) is 0 Å². The molecule has 4 rings (SSSR count). The fourth-order valence-corrected chi connectivity index (χ4v) is 3.97. The Kier molecular flexibility index (Phi) is 5.22. The van der Waals surface area contributed by atoms with Crippen molar-refractivity contribution >= 4 is 5.91 Å². The van der Waals surface area contributed by atoms with E-state index in [1.54, 1.807) is 12.4 Å². The Morgan fingerprint density at radius 3 is 2.66 bits per heavy atom. The van der Waals surface area contributed by atoms with E-state index in [1.165, 1.54) is 11.3 Å². The van der Waals surface area contributed by atoms with Crippen molar-refractivity contribution in [2.45, 2.75) is 57.9 Å². The predicted octanol–water partition coefficient (Wildman–Crippen LogP) is 4.30. The topological polar surface area (TPSA) is 59.8 Å². The van der Waals surface area contributed by atoms with Gasteiger partial charge in [-0.3, -0.25) is 9.78 Å². The largest absolute Gasteiger partial charge is 0.349 e. The van der Waals surface area contributed by atoms with Crippen LogP contribution in [-0.4, -0.2) is 20.7 Å². The first kappa shape index (κ1) is 19.4. The number of fused-ring (bicyclic) bond motifs is 1. The molecular weight excluding hydrogens is 360 g/mol. The third-order valence-electron chi connectivity index (χ3n) is 5.58. The highest BCUT2D eigenvalue weighted by Gasteiger charge is 2.26. The Labute approximate surface area is 172 Å². The standard InChI is InChI=1S/C24H28N4O/c1-24(2,3)18-9-11-19(12-10-18)28-22-8-4-7-21(20(22)16-26-28)27-23(29)14-17-6-5-13-25-15-17/h5-6,9-13,15-16,21H,4,7-8,14H2,1-3H3,(H,27,29)/t21-/m0/s1. The summed E-state index contributed by atoms with van der Waals surface area (Å²) in [6.45, 7) is 6.66. The fraction of sp³-hybridized carbons (Fsp3) is 0.375. The van der Waals surface area contributed by atoms with Gasteiger partial charge in [-0.15, -0.1) is 0 Å². The minimum atomic E-state index is 0.0190. The first-order chi connectivity index (χ1) is 13.9. The van der Waals surface area contributed by atoms with Crippen molar-refractivity contribution in [2.75, 3.05) is 0 Å². The maximum atomic E-state index is 12.5. The van der Waals surface area contributed by atoms with Crippen molar-refractivity contribution in [1.29, 1.82) is 0 Å². The molecule has 0 bridgehead atoms. The second-order valence-corrected chi connectivity index (χ2v) is 8.81. The zero-order valence-corrected chi connectivity index (χ0v) is 17.4. The quantitative estimate of drug-likeness (QED) is 0.725. The highest BCUT2D eigenvalue weighted by atomic mass is 16.1. The monoisotopic (exact) mass is 388 g/mol. The molecule has 150 valence electrons. The summed E-state index contributed by atoms with van der Waals surface area (Å²) in [5, 5.41) is 7.85. The van der Waals surface area contributed by atoms with Gasteiger partial charge in [0.2, 0.25) is 5.91 Å². The molecule has 1 aliphatic rings. The fourth-order valence-electron chi connectivity index (χ4n) is 3.97. The van der Waals surface area contributed by atoms with Crippen LogP contribution in [0, 0.1) is 0 Å². The van der Waals surface area contributed by atoms with Gasteiger partial charge in [0.25, 0.3) is 0 Å². The van der Waals surface area contributed by atoms with Crippen LogP contribution in [0.2, 0.25) is 0 Å². The molecule has 0 unspecified atom stereocenters. The van der Waals surface area contributed by atoms with Crippen molar-refractivity contribution in [2.24, 2.45) is 0 Å². The van der Waals surface area contributed by atoms with Crippen molar-refractivity contribution in [3.63, 3.8) is 0 Å². The number of amides is 1. The smallest absolute Gasteiger partial charge is 0.224 e. The molecule has 0 saturated heterocycles. The van der Waals surface area contributed by atoms with Crippen LogP contribution in [0.5, 0.6) is 0 Å². The molecule has 1 atom stereocenters. The van der Waals surface area contributed by atoms with Crippen LogP contribution >= 0.6 is 0 Å². The molecule has 1 aliphatic carbocycles. The van der Waals surface area contributed by atoms with Crippen molar-refractivity contribution in [3.05, 3.63) is 77.4 Å². The molecule has 3 aromatic rings. The zero-order valence-electron chi connectivity index (χ0n) is 17.4. The van der Waals surface area contributed by atoms with Gasteiger partial charge in [0.15, 0.2) is 0 Å². The van der Waals surface area contributed by atoms with Crippen LogP contribution in [0.25, 0.3) is 5.69 Å². The van der Waals surface area contributed by atoms with Crippen molar-refractivity contribution < 1.29 is 4.79 Å². The van der Waals surface area contributed by atoms with Crippen LogP contribution in [0.1, 0.15) is 62.0 Å². The summed E-state index contributed by atoms with van der Waals surface area (Å²) in [5.74, 6) is 0.0260. The number of pyridine rings is 1. The first-order valence-electron chi connectivity index (χ1n) is 10.3. The maximum absolute atomic E-state index is 12.5. The molecule has 1 amide bonds. The number of nitrogens with one attached hydrogen (secondary N) is 1. The number of benzene rings is 1. The Hall–Kier alpha value is -2.95. The van der Waals surface area contributed by atoms with Gasteiger partial charge >= 0.3 is 0 Å². The average molecular weight is 389 g/mol. The molecule has 0 spiro atoms. The number of rotatable bonds is 4. The lowest BCUT2D eigenvalue weighted by atomic mass is 9.87. The van der Waals surface area contributed by atoms with Gasteiger partial charge in [0.1, 0.15) is 0 Å². The van der Waals surface area contributed by atoms with Crippen molar-refractivity contribution in [1.82, 2.24) is 20.1 Å². The minimum Gasteiger partial charge on any atom is -0.349 e. The molecule has 1 aromatic carbocycles. The van der Waals surface area contributed by atoms with Gasteiger partial charge in [-0.25, -0.2) is 4.68 Å². The molecule has 0 radical (unpaired) electrons. The summed E-state index contributed by atoms with van der Waals surface area (Å²) in [6, 6.07) is 12.4. The number of aromatic nitrogens is 3.